The molecule has 0 aliphatic rings. The molecule has 0 bridgehead atoms. The lowest BCUT2D eigenvalue weighted by Gasteiger charge is -2.23. The molecule has 0 spiro atoms. The van der Waals surface area contributed by atoms with Crippen LogP contribution in [-0.2, 0) is 9.53 Å². The fourth-order valence-corrected chi connectivity index (χ4v) is 1.70. The number of carboxylic acids is 1. The van der Waals surface area contributed by atoms with Gasteiger partial charge in [0.2, 0.25) is 0 Å². The fraction of sp³-hybridized carbons (Fsp3) is 0.533. The number of hydrogen-bond acceptors (Lipinski definition) is 4. The van der Waals surface area contributed by atoms with Crippen molar-refractivity contribution in [2.24, 2.45) is 0 Å². The number of nitrogens with one attached hydrogen (secondary N) is 1. The third-order valence-electron chi connectivity index (χ3n) is 3.23. The van der Waals surface area contributed by atoms with E-state index in [0.717, 1.165) is 5.75 Å². The number of likely N-dealkylation sites (N-methyl/N-ethyl adjacent to an activating group) is 1. The van der Waals surface area contributed by atoms with E-state index < -0.39 is 11.5 Å². The largest absolute Gasteiger partial charge is 0.491 e. The highest BCUT2D eigenvalue weighted by Gasteiger charge is 2.30. The molecule has 1 rings (SSSR count). The van der Waals surface area contributed by atoms with Crippen LogP contribution in [0.2, 0.25) is 0 Å². The first kappa shape index (κ1) is 16.5. The summed E-state index contributed by atoms with van der Waals surface area (Å²) in [4.78, 5) is 11.1. The number of hydrogen-bond donors (Lipinski definition) is 2. The highest BCUT2D eigenvalue weighted by molar-refractivity contribution is 5.78. The average Bonchev–Trinajstić information content (AvgIpc) is 2.46. The SMILES string of the molecule is CNC(C)(CCCOCCOc1ccccc1)C(=O)O. The molecule has 0 amide bonds. The molecule has 0 saturated carbocycles. The van der Waals surface area contributed by atoms with Crippen LogP contribution in [-0.4, -0.2) is 43.5 Å². The molecule has 1 atom stereocenters. The van der Waals surface area contributed by atoms with Crippen LogP contribution >= 0.6 is 0 Å². The maximum absolute atomic E-state index is 11.1. The summed E-state index contributed by atoms with van der Waals surface area (Å²) in [6.07, 6.45) is 1.22. The topological polar surface area (TPSA) is 67.8 Å². The zero-order valence-corrected chi connectivity index (χ0v) is 12.1. The third kappa shape index (κ3) is 5.59. The number of aliphatic carboxylic acids is 1. The lowest BCUT2D eigenvalue weighted by atomic mass is 9.96. The molecule has 0 aromatic heterocycles. The van der Waals surface area contributed by atoms with Crippen LogP contribution in [0.3, 0.4) is 0 Å². The van der Waals surface area contributed by atoms with Crippen molar-refractivity contribution in [3.63, 3.8) is 0 Å². The summed E-state index contributed by atoms with van der Waals surface area (Å²) in [7, 11) is 1.66. The highest BCUT2D eigenvalue weighted by atomic mass is 16.5. The van der Waals surface area contributed by atoms with Gasteiger partial charge in [0.1, 0.15) is 17.9 Å². The summed E-state index contributed by atoms with van der Waals surface area (Å²) in [5.74, 6) is -0.0165. The number of carbonyl (C=O) groups is 1. The minimum absolute atomic E-state index is 0.492. The quantitative estimate of drug-likeness (QED) is 0.641. The van der Waals surface area contributed by atoms with E-state index in [2.05, 4.69) is 5.32 Å². The van der Waals surface area contributed by atoms with Crippen LogP contribution in [0.4, 0.5) is 0 Å². The molecule has 0 aliphatic heterocycles. The number of rotatable bonds is 10. The van der Waals surface area contributed by atoms with E-state index in [1.165, 1.54) is 0 Å². The maximum Gasteiger partial charge on any atom is 0.323 e. The van der Waals surface area contributed by atoms with E-state index >= 15 is 0 Å². The second-order valence-electron chi connectivity index (χ2n) is 4.76. The van der Waals surface area contributed by atoms with E-state index in [1.54, 1.807) is 14.0 Å². The molecule has 0 saturated heterocycles. The standard InChI is InChI=1S/C15H23NO4/c1-15(16-2,14(17)18)9-6-10-19-11-12-20-13-7-4-3-5-8-13/h3-5,7-8,16H,6,9-12H2,1-2H3,(H,17,18). The van der Waals surface area contributed by atoms with Gasteiger partial charge < -0.3 is 19.9 Å². The van der Waals surface area contributed by atoms with Crippen LogP contribution in [0.25, 0.3) is 0 Å². The Balaban J connectivity index is 2.07. The summed E-state index contributed by atoms with van der Waals surface area (Å²) < 4.78 is 10.9. The fourth-order valence-electron chi connectivity index (χ4n) is 1.70. The number of ether oxygens (including phenoxy) is 2. The van der Waals surface area contributed by atoms with Crippen molar-refractivity contribution in [1.29, 1.82) is 0 Å². The summed E-state index contributed by atoms with van der Waals surface area (Å²) in [6.45, 7) is 3.20. The highest BCUT2D eigenvalue weighted by Crippen LogP contribution is 2.12. The molecular weight excluding hydrogens is 258 g/mol. The molecule has 1 unspecified atom stereocenters. The Morgan fingerprint density at radius 3 is 2.55 bits per heavy atom. The number of carboxylic acid groups (broad SMARTS) is 1. The monoisotopic (exact) mass is 281 g/mol. The van der Waals surface area contributed by atoms with E-state index in [-0.39, 0.29) is 0 Å². The molecular formula is C15H23NO4. The number of para-hydroxylation sites is 1. The van der Waals surface area contributed by atoms with Crippen molar-refractivity contribution < 1.29 is 19.4 Å². The van der Waals surface area contributed by atoms with Gasteiger partial charge in [0.05, 0.1) is 6.61 Å². The van der Waals surface area contributed by atoms with Gasteiger partial charge in [-0.05, 0) is 38.9 Å². The van der Waals surface area contributed by atoms with Gasteiger partial charge in [0, 0.05) is 6.61 Å². The summed E-state index contributed by atoms with van der Waals surface area (Å²) in [6, 6.07) is 9.56. The zero-order chi connectivity index (χ0) is 14.8. The van der Waals surface area contributed by atoms with Gasteiger partial charge in [-0.1, -0.05) is 18.2 Å². The first-order valence-corrected chi connectivity index (χ1v) is 6.76. The molecule has 1 aromatic rings. The first-order valence-electron chi connectivity index (χ1n) is 6.76. The van der Waals surface area contributed by atoms with Crippen LogP contribution in [0.1, 0.15) is 19.8 Å². The van der Waals surface area contributed by atoms with Gasteiger partial charge in [-0.15, -0.1) is 0 Å². The molecule has 20 heavy (non-hydrogen) atoms. The van der Waals surface area contributed by atoms with E-state index in [9.17, 15) is 4.79 Å². The summed E-state index contributed by atoms with van der Waals surface area (Å²) in [5, 5.41) is 11.9. The van der Waals surface area contributed by atoms with Gasteiger partial charge in [0.25, 0.3) is 0 Å². The molecule has 112 valence electrons. The van der Waals surface area contributed by atoms with E-state index in [4.69, 9.17) is 14.6 Å². The van der Waals surface area contributed by atoms with Crippen molar-refractivity contribution in [3.8, 4) is 5.75 Å². The predicted octanol–water partition coefficient (Wildman–Crippen LogP) is 1.92. The predicted molar refractivity (Wildman–Crippen MR) is 77.1 cm³/mol. The maximum atomic E-state index is 11.1. The van der Waals surface area contributed by atoms with E-state index in [0.29, 0.717) is 32.7 Å². The normalized spacial score (nSPS) is 13.7. The smallest absolute Gasteiger partial charge is 0.323 e. The minimum Gasteiger partial charge on any atom is -0.491 e. The summed E-state index contributed by atoms with van der Waals surface area (Å²) in [5.41, 5.74) is -0.885. The molecule has 0 heterocycles. The van der Waals surface area contributed by atoms with Crippen LogP contribution in [0.5, 0.6) is 5.75 Å². The first-order chi connectivity index (χ1) is 9.58. The van der Waals surface area contributed by atoms with Gasteiger partial charge in [-0.25, -0.2) is 0 Å². The molecule has 0 aliphatic carbocycles. The lowest BCUT2D eigenvalue weighted by Crippen LogP contribution is -2.47. The molecule has 0 fully saturated rings. The van der Waals surface area contributed by atoms with Gasteiger partial charge in [-0.3, -0.25) is 4.79 Å². The van der Waals surface area contributed by atoms with Gasteiger partial charge in [-0.2, -0.15) is 0 Å². The van der Waals surface area contributed by atoms with Gasteiger partial charge in [0.15, 0.2) is 0 Å². The molecule has 0 radical (unpaired) electrons. The Labute approximate surface area is 119 Å². The Hall–Kier alpha value is -1.59. The second kappa shape index (κ2) is 8.55. The molecule has 2 N–H and O–H groups in total. The Bertz CT molecular complexity index is 396. The van der Waals surface area contributed by atoms with E-state index in [1.807, 2.05) is 30.3 Å². The number of benzene rings is 1. The van der Waals surface area contributed by atoms with Crippen molar-refractivity contribution in [3.05, 3.63) is 30.3 Å². The molecule has 1 aromatic carbocycles. The Morgan fingerprint density at radius 1 is 1.25 bits per heavy atom. The van der Waals surface area contributed by atoms with Crippen molar-refractivity contribution in [2.45, 2.75) is 25.3 Å². The lowest BCUT2D eigenvalue weighted by molar-refractivity contribution is -0.144. The zero-order valence-electron chi connectivity index (χ0n) is 12.1. The van der Waals surface area contributed by atoms with Crippen LogP contribution < -0.4 is 10.1 Å². The van der Waals surface area contributed by atoms with Crippen LogP contribution in [0.15, 0.2) is 30.3 Å². The second-order valence-corrected chi connectivity index (χ2v) is 4.76. The van der Waals surface area contributed by atoms with Crippen molar-refractivity contribution in [1.82, 2.24) is 5.32 Å². The minimum atomic E-state index is -0.885. The Kier molecular flexibility index (Phi) is 7.04. The molecule has 5 nitrogen and oxygen atoms in total. The van der Waals surface area contributed by atoms with Gasteiger partial charge >= 0.3 is 5.97 Å². The Morgan fingerprint density at radius 2 is 1.95 bits per heavy atom. The van der Waals surface area contributed by atoms with Crippen molar-refractivity contribution in [2.75, 3.05) is 26.9 Å². The summed E-state index contributed by atoms with van der Waals surface area (Å²) >= 11 is 0. The average molecular weight is 281 g/mol. The van der Waals surface area contributed by atoms with Crippen LogP contribution in [0, 0.1) is 0 Å². The third-order valence-corrected chi connectivity index (χ3v) is 3.23. The van der Waals surface area contributed by atoms with Crippen molar-refractivity contribution >= 4 is 5.97 Å². The molecule has 5 heteroatoms.